The maximum Gasteiger partial charge on any atom is 0.229 e. The Hall–Kier alpha value is -2.16. The van der Waals surface area contributed by atoms with Crippen molar-refractivity contribution in [1.82, 2.24) is 9.36 Å². The van der Waals surface area contributed by atoms with Gasteiger partial charge in [-0.15, -0.1) is 0 Å². The van der Waals surface area contributed by atoms with Crippen LogP contribution in [0, 0.1) is 0 Å². The van der Waals surface area contributed by atoms with E-state index in [2.05, 4.69) is 9.36 Å². The molecule has 0 fully saturated rings. The highest BCUT2D eigenvalue weighted by molar-refractivity contribution is 7.92. The summed E-state index contributed by atoms with van der Waals surface area (Å²) in [6, 6.07) is 15.6. The topological polar surface area (TPSA) is 85.9 Å². The highest BCUT2D eigenvalue weighted by atomic mass is 32.2. The second-order valence-corrected chi connectivity index (χ2v) is 8.84. The van der Waals surface area contributed by atoms with Crippen LogP contribution in [-0.4, -0.2) is 17.8 Å². The lowest BCUT2D eigenvalue weighted by molar-refractivity contribution is 0.485. The van der Waals surface area contributed by atoms with Crippen molar-refractivity contribution in [3.63, 3.8) is 0 Å². The predicted molar refractivity (Wildman–Crippen MR) is 99.1 cm³/mol. The van der Waals surface area contributed by atoms with Crippen molar-refractivity contribution >= 4 is 21.4 Å². The number of hydrogen-bond donors (Lipinski definition) is 1. The zero-order chi connectivity index (χ0) is 18.6. The number of halogens is 1. The average Bonchev–Trinajstić information content (AvgIpc) is 3.14. The molecule has 8 heteroatoms. The lowest BCUT2D eigenvalue weighted by Gasteiger charge is -2.07. The molecule has 1 atom stereocenters. The first-order valence-electron chi connectivity index (χ1n) is 7.97. The Balaban J connectivity index is 1.75. The molecule has 0 aliphatic heterocycles. The molecule has 0 aliphatic rings. The summed E-state index contributed by atoms with van der Waals surface area (Å²) in [5.74, 6) is 0.0681. The lowest BCUT2D eigenvalue weighted by Crippen LogP contribution is -2.15. The predicted octanol–water partition coefficient (Wildman–Crippen LogP) is 3.22. The van der Waals surface area contributed by atoms with Crippen molar-refractivity contribution in [3.05, 3.63) is 77.1 Å². The van der Waals surface area contributed by atoms with Crippen molar-refractivity contribution in [2.24, 2.45) is 5.73 Å². The number of rotatable bonds is 7. The van der Waals surface area contributed by atoms with Gasteiger partial charge in [-0.3, -0.25) is 0 Å². The molecule has 0 amide bonds. The number of nitrogens with zero attached hydrogens (tertiary/aromatic N) is 2. The van der Waals surface area contributed by atoms with Crippen LogP contribution in [0.5, 0.6) is 0 Å². The summed E-state index contributed by atoms with van der Waals surface area (Å²) in [6.45, 7) is -0.634. The molecule has 2 N–H and O–H groups in total. The molecule has 0 aliphatic carbocycles. The zero-order valence-corrected chi connectivity index (χ0v) is 15.5. The summed E-state index contributed by atoms with van der Waals surface area (Å²) in [7, 11) is -3.66. The van der Waals surface area contributed by atoms with Crippen molar-refractivity contribution in [1.29, 1.82) is 0 Å². The highest BCUT2D eigenvalue weighted by Crippen LogP contribution is 2.22. The molecule has 5 nitrogen and oxygen atoms in total. The van der Waals surface area contributed by atoms with Gasteiger partial charge in [-0.2, -0.15) is 4.37 Å². The maximum atomic E-state index is 12.7. The smallest absolute Gasteiger partial charge is 0.229 e. The number of nitrogens with two attached hydrogens (primary N) is 1. The molecule has 0 radical (unpaired) electrons. The van der Waals surface area contributed by atoms with Crippen LogP contribution in [0.3, 0.4) is 0 Å². The van der Waals surface area contributed by atoms with E-state index >= 15 is 0 Å². The third kappa shape index (κ3) is 4.51. The van der Waals surface area contributed by atoms with Crippen molar-refractivity contribution in [2.75, 3.05) is 0 Å². The number of benzene rings is 2. The molecule has 26 heavy (non-hydrogen) atoms. The van der Waals surface area contributed by atoms with Crippen molar-refractivity contribution < 1.29 is 12.8 Å². The van der Waals surface area contributed by atoms with Gasteiger partial charge in [-0.05, 0) is 34.6 Å². The fraction of sp³-hybridized carbons (Fsp3) is 0.222. The van der Waals surface area contributed by atoms with Crippen LogP contribution in [0.2, 0.25) is 0 Å². The monoisotopic (exact) mass is 391 g/mol. The van der Waals surface area contributed by atoms with E-state index in [9.17, 15) is 12.8 Å². The normalized spacial score (nSPS) is 12.8. The van der Waals surface area contributed by atoms with Gasteiger partial charge in [0.05, 0.1) is 11.8 Å². The molecule has 3 aromatic rings. The van der Waals surface area contributed by atoms with Gasteiger partial charge in [0.2, 0.25) is 14.2 Å². The third-order valence-electron chi connectivity index (χ3n) is 3.82. The number of hydrogen-bond acceptors (Lipinski definition) is 6. The van der Waals surface area contributed by atoms with Crippen LogP contribution >= 0.6 is 11.5 Å². The van der Waals surface area contributed by atoms with E-state index in [1.165, 1.54) is 0 Å². The van der Waals surface area contributed by atoms with E-state index in [4.69, 9.17) is 5.73 Å². The van der Waals surface area contributed by atoms with E-state index in [0.29, 0.717) is 23.4 Å². The Morgan fingerprint density at radius 1 is 1.04 bits per heavy atom. The summed E-state index contributed by atoms with van der Waals surface area (Å²) in [5, 5.41) is 0. The summed E-state index contributed by atoms with van der Waals surface area (Å²) in [4.78, 5) is 4.14. The molecule has 0 bridgehead atoms. The van der Waals surface area contributed by atoms with Gasteiger partial charge in [-0.25, -0.2) is 17.8 Å². The Morgan fingerprint density at radius 2 is 1.73 bits per heavy atom. The van der Waals surface area contributed by atoms with Crippen LogP contribution in [0.1, 0.15) is 28.6 Å². The number of aromatic nitrogens is 2. The SMILES string of the molecule is NC(Cc1ccccc1)c1nsc(S(=O)(=O)Cc2cccc(CF)c2)n1. The van der Waals surface area contributed by atoms with Crippen LogP contribution in [-0.2, 0) is 28.7 Å². The maximum absolute atomic E-state index is 12.7. The molecule has 136 valence electrons. The van der Waals surface area contributed by atoms with E-state index < -0.39 is 22.6 Å². The van der Waals surface area contributed by atoms with Crippen LogP contribution in [0.25, 0.3) is 0 Å². The Morgan fingerprint density at radius 3 is 2.46 bits per heavy atom. The fourth-order valence-electron chi connectivity index (χ4n) is 2.54. The van der Waals surface area contributed by atoms with Crippen LogP contribution in [0.4, 0.5) is 4.39 Å². The summed E-state index contributed by atoms with van der Waals surface area (Å²) >= 11 is 0.821. The minimum absolute atomic E-state index is 0.0679. The Kier molecular flexibility index (Phi) is 5.75. The van der Waals surface area contributed by atoms with E-state index in [-0.39, 0.29) is 10.1 Å². The minimum atomic E-state index is -3.66. The zero-order valence-electron chi connectivity index (χ0n) is 13.9. The highest BCUT2D eigenvalue weighted by Gasteiger charge is 2.23. The van der Waals surface area contributed by atoms with Gasteiger partial charge >= 0.3 is 0 Å². The van der Waals surface area contributed by atoms with Gasteiger partial charge in [0.1, 0.15) is 6.67 Å². The molecule has 0 spiro atoms. The lowest BCUT2D eigenvalue weighted by atomic mass is 10.1. The van der Waals surface area contributed by atoms with E-state index in [0.717, 1.165) is 17.1 Å². The Bertz CT molecular complexity index is 975. The molecule has 3 rings (SSSR count). The molecule has 1 unspecified atom stereocenters. The summed E-state index contributed by atoms with van der Waals surface area (Å²) < 4.78 is 41.9. The molecule has 0 saturated carbocycles. The largest absolute Gasteiger partial charge is 0.321 e. The summed E-state index contributed by atoms with van der Waals surface area (Å²) in [5.41, 5.74) is 8.11. The van der Waals surface area contributed by atoms with Crippen LogP contribution in [0.15, 0.2) is 58.9 Å². The standard InChI is InChI=1S/C18H18FN3O2S2/c19-11-14-7-4-8-15(9-14)12-26(23,24)18-21-17(22-25-18)16(20)10-13-5-2-1-3-6-13/h1-9,16H,10-12,20H2. The quantitative estimate of drug-likeness (QED) is 0.668. The minimum Gasteiger partial charge on any atom is -0.321 e. The molecule has 1 aromatic heterocycles. The number of alkyl halides is 1. The second kappa shape index (κ2) is 8.03. The third-order valence-corrected chi connectivity index (χ3v) is 6.67. The van der Waals surface area contributed by atoms with Gasteiger partial charge in [0.15, 0.2) is 5.82 Å². The fourth-order valence-corrected chi connectivity index (χ4v) is 4.74. The molecular weight excluding hydrogens is 373 g/mol. The van der Waals surface area contributed by atoms with Gasteiger partial charge in [0, 0.05) is 0 Å². The molecule has 2 aromatic carbocycles. The average molecular weight is 391 g/mol. The van der Waals surface area contributed by atoms with Gasteiger partial charge in [-0.1, -0.05) is 54.6 Å². The van der Waals surface area contributed by atoms with Gasteiger partial charge < -0.3 is 5.73 Å². The molecule has 1 heterocycles. The van der Waals surface area contributed by atoms with E-state index in [1.807, 2.05) is 30.3 Å². The van der Waals surface area contributed by atoms with E-state index in [1.54, 1.807) is 24.3 Å². The first-order chi connectivity index (χ1) is 12.5. The van der Waals surface area contributed by atoms with Crippen molar-refractivity contribution in [3.8, 4) is 0 Å². The first-order valence-corrected chi connectivity index (χ1v) is 10.4. The summed E-state index contributed by atoms with van der Waals surface area (Å²) in [6.07, 6.45) is 0.523. The Labute approximate surface area is 155 Å². The molecule has 0 saturated heterocycles. The van der Waals surface area contributed by atoms with Crippen molar-refractivity contribution in [2.45, 2.75) is 29.2 Å². The van der Waals surface area contributed by atoms with Gasteiger partial charge in [0.25, 0.3) is 0 Å². The number of sulfone groups is 1. The first kappa shape index (κ1) is 18.6. The second-order valence-electron chi connectivity index (χ2n) is 5.93. The molecular formula is C18H18FN3O2S2. The van der Waals surface area contributed by atoms with Crippen LogP contribution < -0.4 is 5.73 Å².